The summed E-state index contributed by atoms with van der Waals surface area (Å²) in [5, 5.41) is 8.42. The first-order chi connectivity index (χ1) is 8.43. The lowest BCUT2D eigenvalue weighted by atomic mass is 10.1. The van der Waals surface area contributed by atoms with Crippen LogP contribution in [0.2, 0.25) is 0 Å². The van der Waals surface area contributed by atoms with Crippen LogP contribution in [0.1, 0.15) is 33.1 Å². The molecule has 0 N–H and O–H groups in total. The quantitative estimate of drug-likeness (QED) is 0.588. The zero-order valence-corrected chi connectivity index (χ0v) is 11.9. The van der Waals surface area contributed by atoms with E-state index in [0.717, 1.165) is 6.42 Å². The molecule has 0 heterocycles. The van der Waals surface area contributed by atoms with E-state index >= 15 is 0 Å². The normalized spacial score (nSPS) is 11.1. The molecule has 0 aliphatic rings. The summed E-state index contributed by atoms with van der Waals surface area (Å²) < 4.78 is 10.7. The van der Waals surface area contributed by atoms with E-state index in [0.29, 0.717) is 32.6 Å². The maximum atomic E-state index is 11.6. The van der Waals surface area contributed by atoms with E-state index in [4.69, 9.17) is 14.7 Å². The minimum atomic E-state index is -0.187. The van der Waals surface area contributed by atoms with E-state index in [9.17, 15) is 4.79 Å². The van der Waals surface area contributed by atoms with Crippen molar-refractivity contribution in [3.8, 4) is 6.07 Å². The van der Waals surface area contributed by atoms with Crippen LogP contribution in [-0.2, 0) is 14.3 Å². The Morgan fingerprint density at radius 1 is 1.39 bits per heavy atom. The number of hydrogen-bond acceptors (Lipinski definition) is 4. The van der Waals surface area contributed by atoms with Gasteiger partial charge in [-0.25, -0.2) is 0 Å². The van der Waals surface area contributed by atoms with Gasteiger partial charge in [0, 0.05) is 27.3 Å². The van der Waals surface area contributed by atoms with Gasteiger partial charge < -0.3 is 14.4 Å². The molecular formula is C13H24N2O3. The molecule has 0 atom stereocenters. The van der Waals surface area contributed by atoms with Gasteiger partial charge in [0.1, 0.15) is 0 Å². The molecule has 0 fully saturated rings. The van der Waals surface area contributed by atoms with E-state index < -0.39 is 0 Å². The predicted octanol–water partition coefficient (Wildman–Crippen LogP) is 1.58. The van der Waals surface area contributed by atoms with Gasteiger partial charge in [0.25, 0.3) is 0 Å². The van der Waals surface area contributed by atoms with Gasteiger partial charge in [-0.3, -0.25) is 4.79 Å². The SMILES string of the molecule is COC(C)(C)CCOCCC(=O)N(C)CCC#N. The van der Waals surface area contributed by atoms with Crippen LogP contribution in [0, 0.1) is 11.3 Å². The van der Waals surface area contributed by atoms with Crippen molar-refractivity contribution in [3.63, 3.8) is 0 Å². The van der Waals surface area contributed by atoms with Gasteiger partial charge in [0.05, 0.1) is 31.1 Å². The molecular weight excluding hydrogens is 232 g/mol. The molecule has 0 aromatic carbocycles. The van der Waals surface area contributed by atoms with Crippen molar-refractivity contribution < 1.29 is 14.3 Å². The Kier molecular flexibility index (Phi) is 8.34. The Labute approximate surface area is 110 Å². The van der Waals surface area contributed by atoms with Gasteiger partial charge in [-0.1, -0.05) is 0 Å². The Bertz CT molecular complexity index is 284. The molecule has 0 radical (unpaired) electrons. The minimum Gasteiger partial charge on any atom is -0.381 e. The summed E-state index contributed by atoms with van der Waals surface area (Å²) in [5.74, 6) is 0.0104. The predicted molar refractivity (Wildman–Crippen MR) is 69.0 cm³/mol. The Hall–Kier alpha value is -1.12. The van der Waals surface area contributed by atoms with Crippen molar-refractivity contribution in [1.29, 1.82) is 5.26 Å². The van der Waals surface area contributed by atoms with E-state index in [2.05, 4.69) is 0 Å². The maximum Gasteiger partial charge on any atom is 0.224 e. The van der Waals surface area contributed by atoms with Gasteiger partial charge in [0.15, 0.2) is 0 Å². The summed E-state index contributed by atoms with van der Waals surface area (Å²) >= 11 is 0. The first kappa shape index (κ1) is 16.9. The highest BCUT2D eigenvalue weighted by Crippen LogP contribution is 2.12. The van der Waals surface area contributed by atoms with Crippen LogP contribution in [0.3, 0.4) is 0 Å². The summed E-state index contributed by atoms with van der Waals surface area (Å²) in [6.45, 7) is 5.46. The first-order valence-electron chi connectivity index (χ1n) is 6.17. The fourth-order valence-corrected chi connectivity index (χ4v) is 1.21. The second-order valence-electron chi connectivity index (χ2n) is 4.80. The van der Waals surface area contributed by atoms with Crippen LogP contribution in [-0.4, -0.2) is 50.3 Å². The van der Waals surface area contributed by atoms with Crippen molar-refractivity contribution in [1.82, 2.24) is 4.90 Å². The third kappa shape index (κ3) is 8.04. The Morgan fingerprint density at radius 2 is 2.06 bits per heavy atom. The van der Waals surface area contributed by atoms with Crippen molar-refractivity contribution in [3.05, 3.63) is 0 Å². The minimum absolute atomic E-state index is 0.0104. The highest BCUT2D eigenvalue weighted by atomic mass is 16.5. The molecule has 5 nitrogen and oxygen atoms in total. The lowest BCUT2D eigenvalue weighted by Crippen LogP contribution is -2.29. The van der Waals surface area contributed by atoms with Crippen LogP contribution in [0.25, 0.3) is 0 Å². The van der Waals surface area contributed by atoms with Crippen LogP contribution in [0.15, 0.2) is 0 Å². The maximum absolute atomic E-state index is 11.6. The molecule has 0 spiro atoms. The number of ether oxygens (including phenoxy) is 2. The molecule has 5 heteroatoms. The van der Waals surface area contributed by atoms with Crippen LogP contribution in [0.5, 0.6) is 0 Å². The topological polar surface area (TPSA) is 62.6 Å². The van der Waals surface area contributed by atoms with Crippen LogP contribution in [0.4, 0.5) is 0 Å². The summed E-state index contributed by atoms with van der Waals surface area (Å²) in [6.07, 6.45) is 1.52. The second kappa shape index (κ2) is 8.90. The monoisotopic (exact) mass is 256 g/mol. The highest BCUT2D eigenvalue weighted by molar-refractivity contribution is 5.75. The van der Waals surface area contributed by atoms with E-state index in [1.54, 1.807) is 19.1 Å². The standard InChI is InChI=1S/C13H24N2O3/c1-13(2,17-4)7-11-18-10-6-12(16)15(3)9-5-8-14/h5-7,9-11H2,1-4H3. The fraction of sp³-hybridized carbons (Fsp3) is 0.846. The van der Waals surface area contributed by atoms with Gasteiger partial charge in [-0.05, 0) is 20.3 Å². The van der Waals surface area contributed by atoms with Crippen molar-refractivity contribution in [2.75, 3.05) is 33.9 Å². The smallest absolute Gasteiger partial charge is 0.224 e. The van der Waals surface area contributed by atoms with Gasteiger partial charge in [0.2, 0.25) is 5.91 Å². The van der Waals surface area contributed by atoms with Crippen molar-refractivity contribution in [2.45, 2.75) is 38.7 Å². The largest absolute Gasteiger partial charge is 0.381 e. The number of amides is 1. The van der Waals surface area contributed by atoms with Gasteiger partial charge >= 0.3 is 0 Å². The average molecular weight is 256 g/mol. The molecule has 0 aliphatic heterocycles. The lowest BCUT2D eigenvalue weighted by molar-refractivity contribution is -0.131. The molecule has 0 saturated carbocycles. The Morgan fingerprint density at radius 3 is 2.61 bits per heavy atom. The molecule has 0 rings (SSSR count). The number of hydrogen-bond donors (Lipinski definition) is 0. The highest BCUT2D eigenvalue weighted by Gasteiger charge is 2.15. The molecule has 18 heavy (non-hydrogen) atoms. The Balaban J connectivity index is 3.61. The molecule has 1 amide bonds. The summed E-state index contributed by atoms with van der Waals surface area (Å²) in [5.41, 5.74) is -0.187. The van der Waals surface area contributed by atoms with E-state index in [1.807, 2.05) is 19.9 Å². The summed E-state index contributed by atoms with van der Waals surface area (Å²) in [4.78, 5) is 13.1. The fourth-order valence-electron chi connectivity index (χ4n) is 1.21. The van der Waals surface area contributed by atoms with Crippen LogP contribution >= 0.6 is 0 Å². The third-order valence-corrected chi connectivity index (χ3v) is 2.85. The second-order valence-corrected chi connectivity index (χ2v) is 4.80. The number of methoxy groups -OCH3 is 1. The molecule has 0 aromatic heterocycles. The zero-order valence-electron chi connectivity index (χ0n) is 11.9. The summed E-state index contributed by atoms with van der Waals surface area (Å²) in [7, 11) is 3.38. The number of carbonyl (C=O) groups is 1. The van der Waals surface area contributed by atoms with E-state index in [1.165, 1.54) is 0 Å². The summed E-state index contributed by atoms with van der Waals surface area (Å²) in [6, 6.07) is 2.01. The van der Waals surface area contributed by atoms with Crippen molar-refractivity contribution >= 4 is 5.91 Å². The molecule has 0 bridgehead atoms. The van der Waals surface area contributed by atoms with E-state index in [-0.39, 0.29) is 11.5 Å². The van der Waals surface area contributed by atoms with Crippen molar-refractivity contribution in [2.24, 2.45) is 0 Å². The average Bonchev–Trinajstić information content (AvgIpc) is 2.35. The number of carbonyl (C=O) groups excluding carboxylic acids is 1. The number of nitriles is 1. The molecule has 0 aromatic rings. The molecule has 104 valence electrons. The van der Waals surface area contributed by atoms with Gasteiger partial charge in [-0.2, -0.15) is 5.26 Å². The molecule has 0 saturated heterocycles. The first-order valence-corrected chi connectivity index (χ1v) is 6.17. The van der Waals surface area contributed by atoms with Gasteiger partial charge in [-0.15, -0.1) is 0 Å². The third-order valence-electron chi connectivity index (χ3n) is 2.85. The molecule has 0 aliphatic carbocycles. The lowest BCUT2D eigenvalue weighted by Gasteiger charge is -2.22. The number of rotatable bonds is 9. The zero-order chi connectivity index (χ0) is 14.0. The number of nitrogens with zero attached hydrogens (tertiary/aromatic N) is 2. The van der Waals surface area contributed by atoms with Crippen LogP contribution < -0.4 is 0 Å². The molecule has 0 unspecified atom stereocenters.